The zero-order chi connectivity index (χ0) is 23.3. The van der Waals surface area contributed by atoms with Crippen LogP contribution in [0.4, 0.5) is 5.13 Å². The smallest absolute Gasteiger partial charge is 0.236 e. The topological polar surface area (TPSA) is 83.9 Å². The molecular weight excluding hydrogens is 509 g/mol. The van der Waals surface area contributed by atoms with Crippen LogP contribution in [-0.2, 0) is 10.2 Å². The fraction of sp³-hybridized carbons (Fsp3) is 0.360. The van der Waals surface area contributed by atoms with Gasteiger partial charge in [0.25, 0.3) is 0 Å². The number of fused-ring (bicyclic) bond motifs is 1. The zero-order valence-electron chi connectivity index (χ0n) is 18.8. The van der Waals surface area contributed by atoms with Crippen molar-refractivity contribution in [2.45, 2.75) is 36.8 Å². The molecule has 1 aromatic heterocycles. The number of ether oxygens (including phenoxy) is 2. The molecule has 1 amide bonds. The summed E-state index contributed by atoms with van der Waals surface area (Å²) in [5, 5.41) is 14.4. The number of nitrogens with one attached hydrogen (secondary N) is 1. The molecule has 2 N–H and O–H groups in total. The minimum absolute atomic E-state index is 0. The van der Waals surface area contributed by atoms with Gasteiger partial charge in [0.1, 0.15) is 0 Å². The van der Waals surface area contributed by atoms with E-state index in [4.69, 9.17) is 21.1 Å². The van der Waals surface area contributed by atoms with E-state index in [1.807, 2.05) is 42.5 Å². The molecule has 6 rings (SSSR count). The first-order chi connectivity index (χ1) is 16.5. The molecule has 3 aromatic rings. The van der Waals surface area contributed by atoms with Crippen LogP contribution in [0.5, 0.6) is 11.5 Å². The Hall–Kier alpha value is -2.36. The quantitative estimate of drug-likeness (QED) is 0.474. The number of likely N-dealkylation sites (tertiary alicyclic amines) is 1. The van der Waals surface area contributed by atoms with Crippen LogP contribution in [0.15, 0.2) is 48.7 Å². The van der Waals surface area contributed by atoms with Gasteiger partial charge in [0, 0.05) is 29.2 Å². The highest BCUT2D eigenvalue weighted by molar-refractivity contribution is 7.15. The second-order valence-electron chi connectivity index (χ2n) is 9.03. The van der Waals surface area contributed by atoms with Crippen molar-refractivity contribution in [2.24, 2.45) is 0 Å². The number of carbonyl (C=O) groups excluding carboxylic acids is 1. The molecule has 2 aromatic carbocycles. The van der Waals surface area contributed by atoms with Gasteiger partial charge in [-0.2, -0.15) is 0 Å². The Balaban J connectivity index is 0.00000253. The van der Waals surface area contributed by atoms with E-state index in [0.29, 0.717) is 28.2 Å². The molecule has 10 heteroatoms. The summed E-state index contributed by atoms with van der Waals surface area (Å²) in [4.78, 5) is 21.0. The minimum atomic E-state index is -0.561. The third-order valence-electron chi connectivity index (χ3n) is 6.88. The highest BCUT2D eigenvalue weighted by Crippen LogP contribution is 2.51. The molecule has 1 aliphatic carbocycles. The van der Waals surface area contributed by atoms with E-state index in [1.54, 1.807) is 6.20 Å². The number of rotatable bonds is 6. The minimum Gasteiger partial charge on any atom is -0.454 e. The number of nitrogens with zero attached hydrogens (tertiary/aromatic N) is 2. The van der Waals surface area contributed by atoms with E-state index in [1.165, 1.54) is 11.3 Å². The Labute approximate surface area is 218 Å². The Bertz CT molecular complexity index is 1250. The van der Waals surface area contributed by atoms with Crippen LogP contribution in [0.2, 0.25) is 5.02 Å². The Morgan fingerprint density at radius 3 is 2.77 bits per heavy atom. The van der Waals surface area contributed by atoms with Crippen molar-refractivity contribution < 1.29 is 19.4 Å². The molecule has 184 valence electrons. The van der Waals surface area contributed by atoms with E-state index in [2.05, 4.69) is 15.2 Å². The number of hydrogen-bond donors (Lipinski definition) is 2. The molecule has 35 heavy (non-hydrogen) atoms. The SMILES string of the molecule is Cl.O=C(Nc1ncc([C@H](c2ccccc2Cl)N2CCC(O)C2)s1)C1(c2ccc3c(c2)OCO3)CC1. The Kier molecular flexibility index (Phi) is 6.67. The van der Waals surface area contributed by atoms with Crippen LogP contribution in [0.1, 0.15) is 41.3 Å². The molecule has 1 unspecified atom stereocenters. The normalized spacial score (nSPS) is 20.8. The summed E-state index contributed by atoms with van der Waals surface area (Å²) in [6.45, 7) is 1.55. The molecule has 7 nitrogen and oxygen atoms in total. The van der Waals surface area contributed by atoms with Gasteiger partial charge in [0.05, 0.1) is 17.6 Å². The van der Waals surface area contributed by atoms with Crippen LogP contribution in [0, 0.1) is 0 Å². The lowest BCUT2D eigenvalue weighted by Crippen LogP contribution is -2.28. The van der Waals surface area contributed by atoms with Crippen LogP contribution < -0.4 is 14.8 Å². The van der Waals surface area contributed by atoms with Crippen molar-refractivity contribution in [3.63, 3.8) is 0 Å². The number of amides is 1. The first-order valence-corrected chi connectivity index (χ1v) is 12.6. The summed E-state index contributed by atoms with van der Waals surface area (Å²) in [7, 11) is 0. The second-order valence-corrected chi connectivity index (χ2v) is 10.5. The van der Waals surface area contributed by atoms with Gasteiger partial charge in [-0.05, 0) is 48.6 Å². The number of aromatic nitrogens is 1. The summed E-state index contributed by atoms with van der Waals surface area (Å²) in [6, 6.07) is 13.4. The molecule has 1 saturated carbocycles. The van der Waals surface area contributed by atoms with E-state index in [9.17, 15) is 9.90 Å². The number of aliphatic hydroxyl groups excluding tert-OH is 1. The summed E-state index contributed by atoms with van der Waals surface area (Å²) >= 11 is 8.01. The number of halogens is 2. The zero-order valence-corrected chi connectivity index (χ0v) is 21.2. The summed E-state index contributed by atoms with van der Waals surface area (Å²) < 4.78 is 10.9. The van der Waals surface area contributed by atoms with Gasteiger partial charge < -0.3 is 19.9 Å². The van der Waals surface area contributed by atoms with Crippen LogP contribution in [-0.4, -0.2) is 46.9 Å². The number of benzene rings is 2. The first-order valence-electron chi connectivity index (χ1n) is 11.4. The molecular formula is C25H25Cl2N3O4S. The maximum atomic E-state index is 13.3. The standard InChI is InChI=1S/C25H24ClN3O4S.ClH/c26-18-4-2-1-3-17(18)22(29-10-7-16(30)13-29)21-12-27-24(34-21)28-23(31)25(8-9-25)15-5-6-19-20(11-15)33-14-32-19;/h1-6,11-12,16,22,30H,7-10,13-14H2,(H,27,28,31);1H/t16?,22-;/m0./s1. The third kappa shape index (κ3) is 4.49. The maximum absolute atomic E-state index is 13.3. The number of anilines is 1. The van der Waals surface area contributed by atoms with Gasteiger partial charge in [-0.3, -0.25) is 9.69 Å². The monoisotopic (exact) mass is 533 g/mol. The molecule has 0 radical (unpaired) electrons. The average Bonchev–Trinajstić information content (AvgIpc) is 3.13. The first kappa shape index (κ1) is 24.3. The molecule has 1 saturated heterocycles. The fourth-order valence-corrected chi connectivity index (χ4v) is 6.09. The summed E-state index contributed by atoms with van der Waals surface area (Å²) in [5.74, 6) is 1.34. The Morgan fingerprint density at radius 2 is 2.03 bits per heavy atom. The number of carbonyl (C=O) groups is 1. The molecule has 0 spiro atoms. The predicted molar refractivity (Wildman–Crippen MR) is 137 cm³/mol. The molecule has 3 aliphatic rings. The van der Waals surface area contributed by atoms with Gasteiger partial charge >= 0.3 is 0 Å². The summed E-state index contributed by atoms with van der Waals surface area (Å²) in [6.07, 6.45) is 3.74. The van der Waals surface area contributed by atoms with Gasteiger partial charge in [0.15, 0.2) is 16.6 Å². The second kappa shape index (κ2) is 9.59. The van der Waals surface area contributed by atoms with Crippen molar-refractivity contribution in [1.82, 2.24) is 9.88 Å². The Morgan fingerprint density at radius 1 is 1.23 bits per heavy atom. The van der Waals surface area contributed by atoms with Crippen molar-refractivity contribution in [3.8, 4) is 11.5 Å². The number of β-amino-alcohol motifs (C(OH)–C–C–N with tert-alkyl or cyclic N) is 1. The van der Waals surface area contributed by atoms with Crippen molar-refractivity contribution in [2.75, 3.05) is 25.2 Å². The fourth-order valence-electron chi connectivity index (χ4n) is 4.88. The number of aliphatic hydroxyl groups is 1. The highest BCUT2D eigenvalue weighted by atomic mass is 35.5. The molecule has 3 heterocycles. The number of thiazole rings is 1. The highest BCUT2D eigenvalue weighted by Gasteiger charge is 2.52. The number of hydrogen-bond acceptors (Lipinski definition) is 7. The van der Waals surface area contributed by atoms with Crippen LogP contribution >= 0.6 is 35.3 Å². The maximum Gasteiger partial charge on any atom is 0.236 e. The third-order valence-corrected chi connectivity index (χ3v) is 8.19. The lowest BCUT2D eigenvalue weighted by atomic mass is 9.94. The predicted octanol–water partition coefficient (Wildman–Crippen LogP) is 4.77. The lowest BCUT2D eigenvalue weighted by Gasteiger charge is -2.27. The molecule has 2 atom stereocenters. The molecule has 2 aliphatic heterocycles. The lowest BCUT2D eigenvalue weighted by molar-refractivity contribution is -0.118. The van der Waals surface area contributed by atoms with Gasteiger partial charge in [-0.25, -0.2) is 4.98 Å². The van der Waals surface area contributed by atoms with Gasteiger partial charge in [-0.1, -0.05) is 47.2 Å². The van der Waals surface area contributed by atoms with Gasteiger partial charge in [0.2, 0.25) is 12.7 Å². The van der Waals surface area contributed by atoms with Crippen molar-refractivity contribution in [1.29, 1.82) is 0 Å². The molecule has 0 bridgehead atoms. The summed E-state index contributed by atoms with van der Waals surface area (Å²) in [5.41, 5.74) is 1.35. The van der Waals surface area contributed by atoms with E-state index >= 15 is 0 Å². The van der Waals surface area contributed by atoms with Crippen molar-refractivity contribution >= 4 is 46.4 Å². The van der Waals surface area contributed by atoms with E-state index in [-0.39, 0.29) is 37.3 Å². The largest absolute Gasteiger partial charge is 0.454 e. The van der Waals surface area contributed by atoms with Crippen molar-refractivity contribution in [3.05, 3.63) is 69.7 Å². The van der Waals surface area contributed by atoms with Crippen LogP contribution in [0.3, 0.4) is 0 Å². The molecule has 2 fully saturated rings. The average molecular weight is 534 g/mol. The van der Waals surface area contributed by atoms with E-state index in [0.717, 1.165) is 41.8 Å². The van der Waals surface area contributed by atoms with Gasteiger partial charge in [-0.15, -0.1) is 12.4 Å². The van der Waals surface area contributed by atoms with E-state index < -0.39 is 5.41 Å². The van der Waals surface area contributed by atoms with Crippen LogP contribution in [0.25, 0.3) is 0 Å².